The Bertz CT molecular complexity index is 1290. The lowest BCUT2D eigenvalue weighted by molar-refractivity contribution is -0.384. The van der Waals surface area contributed by atoms with Crippen molar-refractivity contribution in [3.8, 4) is 11.4 Å². The number of phenols is 1. The molecule has 0 saturated heterocycles. The van der Waals surface area contributed by atoms with Gasteiger partial charge in [-0.15, -0.1) is 0 Å². The molecular formula is C22H15N3O4. The number of non-ortho nitro benzene ring substituents is 1. The first-order chi connectivity index (χ1) is 14.0. The maximum absolute atomic E-state index is 13.1. The van der Waals surface area contributed by atoms with Gasteiger partial charge in [0.05, 0.1) is 21.5 Å². The minimum Gasteiger partial charge on any atom is -0.508 e. The second-order valence-electron chi connectivity index (χ2n) is 6.33. The number of fused-ring (bicyclic) bond motifs is 1. The van der Waals surface area contributed by atoms with Gasteiger partial charge >= 0.3 is 0 Å². The van der Waals surface area contributed by atoms with E-state index < -0.39 is 4.92 Å². The van der Waals surface area contributed by atoms with Crippen molar-refractivity contribution in [1.29, 1.82) is 0 Å². The van der Waals surface area contributed by atoms with Crippen molar-refractivity contribution in [3.05, 3.63) is 105 Å². The van der Waals surface area contributed by atoms with E-state index in [-0.39, 0.29) is 17.0 Å². The molecule has 0 aliphatic heterocycles. The number of para-hydroxylation sites is 1. The predicted octanol–water partition coefficient (Wildman–Crippen LogP) is 4.17. The summed E-state index contributed by atoms with van der Waals surface area (Å²) in [5.74, 6) is 0.497. The summed E-state index contributed by atoms with van der Waals surface area (Å²) in [6, 6.07) is 19.4. The van der Waals surface area contributed by atoms with Crippen LogP contribution in [0.1, 0.15) is 11.4 Å². The fourth-order valence-electron chi connectivity index (χ4n) is 2.99. The molecule has 7 heteroatoms. The third kappa shape index (κ3) is 3.61. The van der Waals surface area contributed by atoms with Crippen LogP contribution in [0.4, 0.5) is 5.69 Å². The number of nitrogens with zero attached hydrogens (tertiary/aromatic N) is 3. The van der Waals surface area contributed by atoms with Gasteiger partial charge in [-0.3, -0.25) is 19.5 Å². The van der Waals surface area contributed by atoms with Crippen molar-refractivity contribution < 1.29 is 10.0 Å². The molecule has 0 amide bonds. The Morgan fingerprint density at radius 2 is 1.62 bits per heavy atom. The number of phenolic OH excluding ortho intramolecular Hbond substituents is 1. The predicted molar refractivity (Wildman–Crippen MR) is 111 cm³/mol. The summed E-state index contributed by atoms with van der Waals surface area (Å²) in [6.45, 7) is 0. The van der Waals surface area contributed by atoms with Crippen molar-refractivity contribution in [3.63, 3.8) is 0 Å². The van der Waals surface area contributed by atoms with E-state index in [0.29, 0.717) is 22.4 Å². The molecule has 142 valence electrons. The number of aromatic hydroxyl groups is 1. The Morgan fingerprint density at radius 1 is 0.931 bits per heavy atom. The third-order valence-corrected chi connectivity index (χ3v) is 4.44. The van der Waals surface area contributed by atoms with E-state index in [2.05, 4.69) is 4.98 Å². The van der Waals surface area contributed by atoms with Gasteiger partial charge < -0.3 is 5.11 Å². The summed E-state index contributed by atoms with van der Waals surface area (Å²) in [4.78, 5) is 28.1. The highest BCUT2D eigenvalue weighted by molar-refractivity contribution is 5.80. The molecule has 0 aliphatic rings. The molecule has 0 aliphatic carbocycles. The Hall–Kier alpha value is -4.26. The number of nitro benzene ring substituents is 1. The van der Waals surface area contributed by atoms with Gasteiger partial charge in [-0.25, -0.2) is 4.98 Å². The lowest BCUT2D eigenvalue weighted by atomic mass is 10.2. The zero-order valence-electron chi connectivity index (χ0n) is 15.1. The number of hydrogen-bond acceptors (Lipinski definition) is 5. The van der Waals surface area contributed by atoms with Crippen LogP contribution in [-0.4, -0.2) is 19.6 Å². The fourth-order valence-corrected chi connectivity index (χ4v) is 2.99. The first kappa shape index (κ1) is 18.1. The molecule has 0 saturated carbocycles. The van der Waals surface area contributed by atoms with Crippen LogP contribution >= 0.6 is 0 Å². The van der Waals surface area contributed by atoms with E-state index in [4.69, 9.17) is 0 Å². The average molecular weight is 385 g/mol. The molecule has 0 unspecified atom stereocenters. The summed E-state index contributed by atoms with van der Waals surface area (Å²) in [5, 5.41) is 20.8. The van der Waals surface area contributed by atoms with Crippen LogP contribution in [-0.2, 0) is 0 Å². The maximum atomic E-state index is 13.1. The minimum absolute atomic E-state index is 0.00646. The van der Waals surface area contributed by atoms with Crippen LogP contribution in [0.3, 0.4) is 0 Å². The van der Waals surface area contributed by atoms with E-state index in [1.807, 2.05) is 6.07 Å². The summed E-state index contributed by atoms with van der Waals surface area (Å²) >= 11 is 0. The van der Waals surface area contributed by atoms with Gasteiger partial charge in [-0.1, -0.05) is 18.2 Å². The molecule has 4 rings (SSSR count). The van der Waals surface area contributed by atoms with Crippen molar-refractivity contribution in [2.24, 2.45) is 0 Å². The number of nitro groups is 1. The van der Waals surface area contributed by atoms with Gasteiger partial charge in [0.25, 0.3) is 11.2 Å². The van der Waals surface area contributed by atoms with Gasteiger partial charge in [0.15, 0.2) is 0 Å². The summed E-state index contributed by atoms with van der Waals surface area (Å²) in [7, 11) is 0. The Labute approximate surface area is 165 Å². The zero-order valence-corrected chi connectivity index (χ0v) is 15.1. The van der Waals surface area contributed by atoms with E-state index in [1.165, 1.54) is 28.8 Å². The van der Waals surface area contributed by atoms with Crippen LogP contribution in [0.25, 0.3) is 28.7 Å². The average Bonchev–Trinajstić information content (AvgIpc) is 2.73. The van der Waals surface area contributed by atoms with Crippen LogP contribution in [0, 0.1) is 10.1 Å². The molecule has 0 radical (unpaired) electrons. The highest BCUT2D eigenvalue weighted by Crippen LogP contribution is 2.18. The smallest absolute Gasteiger partial charge is 0.269 e. The quantitative estimate of drug-likeness (QED) is 0.420. The lowest BCUT2D eigenvalue weighted by Crippen LogP contribution is -2.22. The van der Waals surface area contributed by atoms with Crippen LogP contribution in [0.5, 0.6) is 5.75 Å². The largest absolute Gasteiger partial charge is 0.508 e. The molecule has 0 fully saturated rings. The summed E-state index contributed by atoms with van der Waals surface area (Å²) in [5.41, 5.74) is 1.64. The molecule has 29 heavy (non-hydrogen) atoms. The number of hydrogen-bond donors (Lipinski definition) is 1. The van der Waals surface area contributed by atoms with Crippen molar-refractivity contribution in [2.75, 3.05) is 0 Å². The molecular weight excluding hydrogens is 370 g/mol. The number of aromatic nitrogens is 2. The van der Waals surface area contributed by atoms with Gasteiger partial charge in [-0.05, 0) is 60.2 Å². The Morgan fingerprint density at radius 3 is 2.31 bits per heavy atom. The lowest BCUT2D eigenvalue weighted by Gasteiger charge is -2.11. The molecule has 0 atom stereocenters. The Kier molecular flexibility index (Phi) is 4.62. The van der Waals surface area contributed by atoms with Gasteiger partial charge in [0, 0.05) is 12.1 Å². The van der Waals surface area contributed by atoms with E-state index in [0.717, 1.165) is 5.56 Å². The molecule has 4 aromatic rings. The number of benzene rings is 3. The minimum atomic E-state index is -0.457. The van der Waals surface area contributed by atoms with Gasteiger partial charge in [0.2, 0.25) is 0 Å². The monoisotopic (exact) mass is 385 g/mol. The second kappa shape index (κ2) is 7.40. The van der Waals surface area contributed by atoms with Crippen LogP contribution in [0.15, 0.2) is 77.6 Å². The summed E-state index contributed by atoms with van der Waals surface area (Å²) < 4.78 is 1.46. The second-order valence-corrected chi connectivity index (χ2v) is 6.33. The molecule has 1 N–H and O–H groups in total. The molecule has 1 aromatic heterocycles. The highest BCUT2D eigenvalue weighted by Gasteiger charge is 2.11. The SMILES string of the molecule is O=c1c2ccccc2nc(/C=C/c2ccc([N+](=O)[O-])cc2)n1-c1ccc(O)cc1. The van der Waals surface area contributed by atoms with Crippen LogP contribution < -0.4 is 5.56 Å². The van der Waals surface area contributed by atoms with Crippen LogP contribution in [0.2, 0.25) is 0 Å². The van der Waals surface area contributed by atoms with Crippen molar-refractivity contribution in [2.45, 2.75) is 0 Å². The van der Waals surface area contributed by atoms with Gasteiger partial charge in [0.1, 0.15) is 11.6 Å². The third-order valence-electron chi connectivity index (χ3n) is 4.44. The summed E-state index contributed by atoms with van der Waals surface area (Å²) in [6.07, 6.45) is 3.42. The van der Waals surface area contributed by atoms with Gasteiger partial charge in [-0.2, -0.15) is 0 Å². The molecule has 3 aromatic carbocycles. The van der Waals surface area contributed by atoms with Crippen molar-refractivity contribution in [1.82, 2.24) is 9.55 Å². The molecule has 0 spiro atoms. The zero-order chi connectivity index (χ0) is 20.4. The van der Waals surface area contributed by atoms with E-state index in [1.54, 1.807) is 54.6 Å². The molecule has 7 nitrogen and oxygen atoms in total. The van der Waals surface area contributed by atoms with E-state index in [9.17, 15) is 20.0 Å². The number of rotatable bonds is 4. The van der Waals surface area contributed by atoms with E-state index >= 15 is 0 Å². The normalized spacial score (nSPS) is 11.2. The highest BCUT2D eigenvalue weighted by atomic mass is 16.6. The standard InChI is InChI=1S/C22H15N3O4/c26-18-12-10-16(11-13-18)24-21(23-20-4-2-1-3-19(20)22(24)27)14-7-15-5-8-17(9-6-15)25(28)29/h1-14,26H/b14-7+. The fraction of sp³-hybridized carbons (Fsp3) is 0. The Balaban J connectivity index is 1.86. The topological polar surface area (TPSA) is 98.3 Å². The molecule has 1 heterocycles. The van der Waals surface area contributed by atoms with Crippen molar-refractivity contribution >= 4 is 28.7 Å². The first-order valence-electron chi connectivity index (χ1n) is 8.77. The maximum Gasteiger partial charge on any atom is 0.269 e. The first-order valence-corrected chi connectivity index (χ1v) is 8.77. The molecule has 0 bridgehead atoms.